The van der Waals surface area contributed by atoms with Gasteiger partial charge in [0.15, 0.2) is 5.96 Å². The molecule has 2 rings (SSSR count). The molecule has 5 nitrogen and oxygen atoms in total. The van der Waals surface area contributed by atoms with Crippen LogP contribution in [-0.2, 0) is 17.7 Å². The number of aliphatic imine (C=N–C) groups is 1. The normalized spacial score (nSPS) is 14.6. The molecular weight excluding hydrogens is 427 g/mol. The van der Waals surface area contributed by atoms with Crippen molar-refractivity contribution in [1.82, 2.24) is 15.5 Å². The van der Waals surface area contributed by atoms with Crippen LogP contribution in [0.4, 0.5) is 0 Å². The highest BCUT2D eigenvalue weighted by Crippen LogP contribution is 2.17. The Kier molecular flexibility index (Phi) is 11.9. The summed E-state index contributed by atoms with van der Waals surface area (Å²) in [5, 5.41) is 6.75. The molecule has 0 radical (unpaired) electrons. The van der Waals surface area contributed by atoms with Crippen molar-refractivity contribution in [1.29, 1.82) is 0 Å². The third-order valence-corrected chi connectivity index (χ3v) is 4.20. The molecule has 0 aliphatic carbocycles. The van der Waals surface area contributed by atoms with Crippen LogP contribution in [0.2, 0.25) is 0 Å². The topological polar surface area (TPSA) is 48.9 Å². The zero-order valence-corrected chi connectivity index (χ0v) is 17.9. The monoisotopic (exact) mass is 460 g/mol. The summed E-state index contributed by atoms with van der Waals surface area (Å²) in [7, 11) is 0. The molecule has 0 fully saturated rings. The number of nitrogens with one attached hydrogen (secondary N) is 2. The van der Waals surface area contributed by atoms with E-state index in [0.717, 1.165) is 71.3 Å². The Morgan fingerprint density at radius 3 is 2.76 bits per heavy atom. The fourth-order valence-corrected chi connectivity index (χ4v) is 2.92. The van der Waals surface area contributed by atoms with E-state index in [1.54, 1.807) is 0 Å². The molecule has 1 aromatic carbocycles. The number of benzene rings is 1. The lowest BCUT2D eigenvalue weighted by Crippen LogP contribution is -2.42. The standard InChI is InChI=1S/C19H32N4O.HI/c1-3-20-19(21-11-7-15-24-4-2)22-12-14-23-13-10-17-8-5-6-9-18(17)16-23;/h5-6,8-9H,3-4,7,10-16H2,1-2H3,(H2,20,21,22);1H. The van der Waals surface area contributed by atoms with Gasteiger partial charge in [-0.25, -0.2) is 0 Å². The molecule has 1 heterocycles. The van der Waals surface area contributed by atoms with Crippen molar-refractivity contribution in [3.8, 4) is 0 Å². The minimum atomic E-state index is 0. The van der Waals surface area contributed by atoms with Gasteiger partial charge >= 0.3 is 0 Å². The average molecular weight is 460 g/mol. The fraction of sp³-hybridized carbons (Fsp3) is 0.632. The molecule has 1 aromatic rings. The first-order valence-electron chi connectivity index (χ1n) is 9.22. The van der Waals surface area contributed by atoms with E-state index in [9.17, 15) is 0 Å². The summed E-state index contributed by atoms with van der Waals surface area (Å²) in [6.45, 7) is 11.5. The number of ether oxygens (including phenoxy) is 1. The third-order valence-electron chi connectivity index (χ3n) is 4.20. The van der Waals surface area contributed by atoms with Crippen LogP contribution in [-0.4, -0.2) is 56.8 Å². The predicted molar refractivity (Wildman–Crippen MR) is 116 cm³/mol. The van der Waals surface area contributed by atoms with Crippen LogP contribution in [0.5, 0.6) is 0 Å². The predicted octanol–water partition coefficient (Wildman–Crippen LogP) is 2.64. The Bertz CT molecular complexity index is 510. The van der Waals surface area contributed by atoms with Crippen LogP contribution >= 0.6 is 24.0 Å². The average Bonchev–Trinajstić information content (AvgIpc) is 2.61. The van der Waals surface area contributed by atoms with Gasteiger partial charge in [0.05, 0.1) is 0 Å². The maximum Gasteiger partial charge on any atom is 0.191 e. The number of fused-ring (bicyclic) bond motifs is 1. The molecule has 25 heavy (non-hydrogen) atoms. The Morgan fingerprint density at radius 1 is 1.20 bits per heavy atom. The van der Waals surface area contributed by atoms with Crippen molar-refractivity contribution < 1.29 is 4.74 Å². The van der Waals surface area contributed by atoms with E-state index in [1.807, 2.05) is 6.92 Å². The van der Waals surface area contributed by atoms with Crippen molar-refractivity contribution in [2.75, 3.05) is 45.9 Å². The third kappa shape index (κ3) is 8.37. The number of rotatable bonds is 9. The van der Waals surface area contributed by atoms with Crippen molar-refractivity contribution in [3.05, 3.63) is 35.4 Å². The molecule has 6 heteroatoms. The Labute approximate surface area is 169 Å². The van der Waals surface area contributed by atoms with Crippen molar-refractivity contribution in [3.63, 3.8) is 0 Å². The van der Waals surface area contributed by atoms with Gasteiger partial charge in [0.25, 0.3) is 0 Å². The van der Waals surface area contributed by atoms with Crippen molar-refractivity contribution in [2.45, 2.75) is 33.2 Å². The zero-order chi connectivity index (χ0) is 17.0. The number of halogens is 1. The Morgan fingerprint density at radius 2 is 2.00 bits per heavy atom. The lowest BCUT2D eigenvalue weighted by molar-refractivity contribution is 0.146. The van der Waals surface area contributed by atoms with Crippen molar-refractivity contribution >= 4 is 29.9 Å². The second-order valence-electron chi connectivity index (χ2n) is 6.03. The van der Waals surface area contributed by atoms with E-state index in [4.69, 9.17) is 4.74 Å². The van der Waals surface area contributed by atoms with Crippen LogP contribution in [0.25, 0.3) is 0 Å². The summed E-state index contributed by atoms with van der Waals surface area (Å²) in [6, 6.07) is 8.78. The van der Waals surface area contributed by atoms with Crippen LogP contribution in [0.1, 0.15) is 31.4 Å². The van der Waals surface area contributed by atoms with Crippen LogP contribution in [0.15, 0.2) is 29.3 Å². The fourth-order valence-electron chi connectivity index (χ4n) is 2.92. The molecule has 2 N–H and O–H groups in total. The maximum absolute atomic E-state index is 5.35. The van der Waals surface area contributed by atoms with Gasteiger partial charge in [0, 0.05) is 52.5 Å². The molecule has 0 bridgehead atoms. The molecule has 0 atom stereocenters. The highest BCUT2D eigenvalue weighted by molar-refractivity contribution is 14.0. The van der Waals surface area contributed by atoms with E-state index in [2.05, 4.69) is 51.7 Å². The zero-order valence-electron chi connectivity index (χ0n) is 15.6. The second-order valence-corrected chi connectivity index (χ2v) is 6.03. The number of hydrogen-bond donors (Lipinski definition) is 2. The van der Waals surface area contributed by atoms with Crippen LogP contribution in [0.3, 0.4) is 0 Å². The summed E-state index contributed by atoms with van der Waals surface area (Å²) in [4.78, 5) is 7.11. The maximum atomic E-state index is 5.35. The minimum Gasteiger partial charge on any atom is -0.382 e. The number of guanidine groups is 1. The van der Waals surface area contributed by atoms with Gasteiger partial charge in [-0.2, -0.15) is 0 Å². The van der Waals surface area contributed by atoms with Gasteiger partial charge in [-0.15, -0.1) is 24.0 Å². The SMILES string of the molecule is CCNC(=NCCCOCC)NCCN1CCc2ccccc2C1.I. The molecule has 0 unspecified atom stereocenters. The lowest BCUT2D eigenvalue weighted by Gasteiger charge is -2.28. The molecule has 0 saturated heterocycles. The molecule has 0 spiro atoms. The number of hydrogen-bond acceptors (Lipinski definition) is 3. The van der Waals surface area contributed by atoms with E-state index in [-0.39, 0.29) is 24.0 Å². The second kappa shape index (κ2) is 13.4. The largest absolute Gasteiger partial charge is 0.382 e. The Hall–Kier alpha value is -0.860. The quantitative estimate of drug-likeness (QED) is 0.258. The van der Waals surface area contributed by atoms with Gasteiger partial charge < -0.3 is 15.4 Å². The first kappa shape index (κ1) is 22.2. The summed E-state index contributed by atoms with van der Waals surface area (Å²) in [5.41, 5.74) is 2.98. The van der Waals surface area contributed by atoms with Gasteiger partial charge in [0.1, 0.15) is 0 Å². The summed E-state index contributed by atoms with van der Waals surface area (Å²) < 4.78 is 5.35. The molecule has 0 amide bonds. The van der Waals surface area contributed by atoms with Crippen LogP contribution < -0.4 is 10.6 Å². The van der Waals surface area contributed by atoms with Gasteiger partial charge in [0.2, 0.25) is 0 Å². The van der Waals surface area contributed by atoms with E-state index >= 15 is 0 Å². The van der Waals surface area contributed by atoms with E-state index in [0.29, 0.717) is 0 Å². The minimum absolute atomic E-state index is 0. The number of nitrogens with zero attached hydrogens (tertiary/aromatic N) is 2. The molecule has 1 aliphatic rings. The smallest absolute Gasteiger partial charge is 0.191 e. The highest BCUT2D eigenvalue weighted by atomic mass is 127. The highest BCUT2D eigenvalue weighted by Gasteiger charge is 2.14. The lowest BCUT2D eigenvalue weighted by atomic mass is 10.00. The molecular formula is C19H33IN4O. The first-order valence-corrected chi connectivity index (χ1v) is 9.22. The Balaban J connectivity index is 0.00000312. The van der Waals surface area contributed by atoms with E-state index < -0.39 is 0 Å². The summed E-state index contributed by atoms with van der Waals surface area (Å²) in [5.74, 6) is 0.909. The van der Waals surface area contributed by atoms with Crippen LogP contribution in [0, 0.1) is 0 Å². The van der Waals surface area contributed by atoms with Crippen molar-refractivity contribution in [2.24, 2.45) is 4.99 Å². The van der Waals surface area contributed by atoms with E-state index in [1.165, 1.54) is 11.1 Å². The summed E-state index contributed by atoms with van der Waals surface area (Å²) in [6.07, 6.45) is 2.12. The van der Waals surface area contributed by atoms with Gasteiger partial charge in [-0.1, -0.05) is 24.3 Å². The first-order chi connectivity index (χ1) is 11.8. The van der Waals surface area contributed by atoms with Gasteiger partial charge in [-0.05, 0) is 37.8 Å². The van der Waals surface area contributed by atoms with Gasteiger partial charge in [-0.3, -0.25) is 9.89 Å². The molecule has 0 aromatic heterocycles. The molecule has 0 saturated carbocycles. The molecule has 1 aliphatic heterocycles. The molecule has 142 valence electrons. The summed E-state index contributed by atoms with van der Waals surface area (Å²) >= 11 is 0.